The fourth-order valence-electron chi connectivity index (χ4n) is 1.94. The molecule has 1 aromatic heterocycles. The van der Waals surface area contributed by atoms with Gasteiger partial charge >= 0.3 is 0 Å². The lowest BCUT2D eigenvalue weighted by Gasteiger charge is -2.08. The molecule has 21 heavy (non-hydrogen) atoms. The second-order valence-corrected chi connectivity index (χ2v) is 5.59. The minimum absolute atomic E-state index is 0.801. The van der Waals surface area contributed by atoms with Crippen molar-refractivity contribution in [3.63, 3.8) is 0 Å². The summed E-state index contributed by atoms with van der Waals surface area (Å²) in [7, 11) is 0. The van der Waals surface area contributed by atoms with E-state index in [1.165, 1.54) is 4.88 Å². The van der Waals surface area contributed by atoms with E-state index in [0.29, 0.717) is 0 Å². The monoisotopic (exact) mass is 296 g/mol. The van der Waals surface area contributed by atoms with Gasteiger partial charge in [-0.1, -0.05) is 18.2 Å². The Morgan fingerprint density at radius 3 is 2.38 bits per heavy atom. The van der Waals surface area contributed by atoms with Gasteiger partial charge in [-0.15, -0.1) is 11.3 Å². The maximum atomic E-state index is 5.77. The molecule has 0 atom stereocenters. The van der Waals surface area contributed by atoms with Crippen LogP contribution in [0.25, 0.3) is 0 Å². The molecule has 2 aromatic carbocycles. The number of aryl methyl sites for hydroxylation is 1. The highest BCUT2D eigenvalue weighted by Gasteiger charge is 2.01. The number of hydrogen-bond donors (Lipinski definition) is 1. The number of hydrogen-bond acceptors (Lipinski definition) is 4. The number of rotatable bonds is 5. The molecule has 0 radical (unpaired) electrons. The molecular formula is C17H16N2OS. The van der Waals surface area contributed by atoms with Gasteiger partial charge in [0.2, 0.25) is 0 Å². The molecule has 3 nitrogen and oxygen atoms in total. The summed E-state index contributed by atoms with van der Waals surface area (Å²) in [6, 6.07) is 17.8. The number of thiazole rings is 1. The van der Waals surface area contributed by atoms with Crippen LogP contribution in [-0.4, -0.2) is 4.98 Å². The van der Waals surface area contributed by atoms with Gasteiger partial charge in [-0.2, -0.15) is 0 Å². The lowest BCUT2D eigenvalue weighted by Crippen LogP contribution is -1.98. The second kappa shape index (κ2) is 6.41. The quantitative estimate of drug-likeness (QED) is 0.730. The maximum Gasteiger partial charge on any atom is 0.127 e. The number of benzene rings is 2. The van der Waals surface area contributed by atoms with Gasteiger partial charge < -0.3 is 10.1 Å². The van der Waals surface area contributed by atoms with Gasteiger partial charge in [0, 0.05) is 10.6 Å². The van der Waals surface area contributed by atoms with Gasteiger partial charge in [-0.25, -0.2) is 4.98 Å². The molecule has 0 aliphatic heterocycles. The Hall–Kier alpha value is -2.33. The van der Waals surface area contributed by atoms with Crippen molar-refractivity contribution in [3.8, 4) is 11.5 Å². The molecule has 0 aliphatic carbocycles. The van der Waals surface area contributed by atoms with Gasteiger partial charge in [0.25, 0.3) is 0 Å². The summed E-state index contributed by atoms with van der Waals surface area (Å²) in [5, 5.41) is 3.39. The van der Waals surface area contributed by atoms with E-state index >= 15 is 0 Å². The van der Waals surface area contributed by atoms with Crippen LogP contribution in [-0.2, 0) is 6.54 Å². The van der Waals surface area contributed by atoms with E-state index in [1.807, 2.05) is 67.0 Å². The van der Waals surface area contributed by atoms with E-state index in [0.717, 1.165) is 29.4 Å². The molecule has 106 valence electrons. The lowest BCUT2D eigenvalue weighted by atomic mass is 10.3. The molecule has 1 N–H and O–H groups in total. The van der Waals surface area contributed by atoms with E-state index in [-0.39, 0.29) is 0 Å². The Morgan fingerprint density at radius 2 is 1.71 bits per heavy atom. The molecule has 3 rings (SSSR count). The van der Waals surface area contributed by atoms with Crippen LogP contribution in [0.15, 0.2) is 60.1 Å². The van der Waals surface area contributed by atoms with Gasteiger partial charge in [0.05, 0.1) is 17.7 Å². The molecule has 0 saturated carbocycles. The predicted molar refractivity (Wildman–Crippen MR) is 87.1 cm³/mol. The Balaban J connectivity index is 1.60. The summed E-state index contributed by atoms with van der Waals surface area (Å²) in [5.41, 5.74) is 4.04. The first kappa shape index (κ1) is 13.6. The van der Waals surface area contributed by atoms with Crippen LogP contribution in [0.3, 0.4) is 0 Å². The zero-order valence-electron chi connectivity index (χ0n) is 11.7. The normalized spacial score (nSPS) is 10.3. The molecule has 0 saturated heterocycles. The summed E-state index contributed by atoms with van der Waals surface area (Å²) in [5.74, 6) is 1.68. The number of ether oxygens (including phenoxy) is 1. The van der Waals surface area contributed by atoms with E-state index in [4.69, 9.17) is 4.74 Å². The van der Waals surface area contributed by atoms with E-state index in [2.05, 4.69) is 10.3 Å². The Kier molecular flexibility index (Phi) is 4.17. The van der Waals surface area contributed by atoms with Crippen molar-refractivity contribution < 1.29 is 4.74 Å². The Morgan fingerprint density at radius 1 is 1.00 bits per heavy atom. The van der Waals surface area contributed by atoms with Crippen LogP contribution in [0.2, 0.25) is 0 Å². The van der Waals surface area contributed by atoms with Crippen molar-refractivity contribution in [2.75, 3.05) is 5.32 Å². The smallest absolute Gasteiger partial charge is 0.127 e. The van der Waals surface area contributed by atoms with Crippen LogP contribution in [0, 0.1) is 6.92 Å². The number of nitrogens with one attached hydrogen (secondary N) is 1. The summed E-state index contributed by atoms with van der Waals surface area (Å²) in [4.78, 5) is 5.51. The van der Waals surface area contributed by atoms with E-state index in [9.17, 15) is 0 Å². The molecule has 0 spiro atoms. The van der Waals surface area contributed by atoms with Crippen LogP contribution < -0.4 is 10.1 Å². The fraction of sp³-hybridized carbons (Fsp3) is 0.118. The summed E-state index contributed by atoms with van der Waals surface area (Å²) in [6.45, 7) is 2.83. The predicted octanol–water partition coefficient (Wildman–Crippen LogP) is 4.86. The Labute approximate surface area is 128 Å². The summed E-state index contributed by atoms with van der Waals surface area (Å²) in [6.07, 6.45) is 0. The van der Waals surface area contributed by atoms with Gasteiger partial charge in [-0.05, 0) is 43.3 Å². The molecule has 0 unspecified atom stereocenters. The molecule has 0 aliphatic rings. The largest absolute Gasteiger partial charge is 0.457 e. The first-order valence-electron chi connectivity index (χ1n) is 6.77. The van der Waals surface area contributed by atoms with Crippen LogP contribution in [0.4, 0.5) is 5.69 Å². The first-order chi connectivity index (χ1) is 10.3. The summed E-state index contributed by atoms with van der Waals surface area (Å²) >= 11 is 1.68. The van der Waals surface area contributed by atoms with E-state index in [1.54, 1.807) is 11.3 Å². The maximum absolute atomic E-state index is 5.77. The molecule has 0 bridgehead atoms. The molecule has 0 fully saturated rings. The average Bonchev–Trinajstić information content (AvgIpc) is 2.93. The highest BCUT2D eigenvalue weighted by molar-refractivity contribution is 7.09. The SMILES string of the molecule is Cc1ncsc1CNc1ccc(Oc2ccccc2)cc1. The highest BCUT2D eigenvalue weighted by Crippen LogP contribution is 2.23. The molecular weight excluding hydrogens is 280 g/mol. The third-order valence-corrected chi connectivity index (χ3v) is 4.07. The third kappa shape index (κ3) is 3.61. The molecule has 3 aromatic rings. The van der Waals surface area contributed by atoms with Crippen molar-refractivity contribution in [1.82, 2.24) is 4.98 Å². The van der Waals surface area contributed by atoms with Crippen molar-refractivity contribution in [2.45, 2.75) is 13.5 Å². The Bertz CT molecular complexity index is 692. The number of para-hydroxylation sites is 1. The molecule has 0 amide bonds. The standard InChI is InChI=1S/C17H16N2OS/c1-13-17(21-12-19-13)11-18-14-7-9-16(10-8-14)20-15-5-3-2-4-6-15/h2-10,12,18H,11H2,1H3. The van der Waals surface area contributed by atoms with Crippen LogP contribution in [0.5, 0.6) is 11.5 Å². The zero-order valence-corrected chi connectivity index (χ0v) is 12.6. The summed E-state index contributed by atoms with van der Waals surface area (Å²) < 4.78 is 5.77. The second-order valence-electron chi connectivity index (χ2n) is 4.65. The van der Waals surface area contributed by atoms with Crippen molar-refractivity contribution >= 4 is 17.0 Å². The first-order valence-corrected chi connectivity index (χ1v) is 7.65. The van der Waals surface area contributed by atoms with E-state index < -0.39 is 0 Å². The van der Waals surface area contributed by atoms with Gasteiger partial charge in [0.15, 0.2) is 0 Å². The van der Waals surface area contributed by atoms with Crippen LogP contribution >= 0.6 is 11.3 Å². The lowest BCUT2D eigenvalue weighted by molar-refractivity contribution is 0.483. The topological polar surface area (TPSA) is 34.2 Å². The van der Waals surface area contributed by atoms with Crippen LogP contribution in [0.1, 0.15) is 10.6 Å². The average molecular weight is 296 g/mol. The molecule has 4 heteroatoms. The van der Waals surface area contributed by atoms with Crippen molar-refractivity contribution in [2.24, 2.45) is 0 Å². The van der Waals surface area contributed by atoms with Crippen molar-refractivity contribution in [3.05, 3.63) is 70.7 Å². The third-order valence-electron chi connectivity index (χ3n) is 3.13. The number of aromatic nitrogens is 1. The van der Waals surface area contributed by atoms with Gasteiger partial charge in [-0.3, -0.25) is 0 Å². The highest BCUT2D eigenvalue weighted by atomic mass is 32.1. The minimum atomic E-state index is 0.801. The molecule has 1 heterocycles. The fourth-order valence-corrected chi connectivity index (χ4v) is 2.66. The number of nitrogens with zero attached hydrogens (tertiary/aromatic N) is 1. The van der Waals surface area contributed by atoms with Crippen molar-refractivity contribution in [1.29, 1.82) is 0 Å². The van der Waals surface area contributed by atoms with Gasteiger partial charge in [0.1, 0.15) is 11.5 Å². The minimum Gasteiger partial charge on any atom is -0.457 e. The zero-order chi connectivity index (χ0) is 14.5. The number of anilines is 1.